The lowest BCUT2D eigenvalue weighted by Gasteiger charge is -2.31. The first-order chi connectivity index (χ1) is 16.5. The molecular weight excluding hydrogens is 426 g/mol. The molecule has 34 heavy (non-hydrogen) atoms. The zero-order valence-corrected chi connectivity index (χ0v) is 19.5. The van der Waals surface area contributed by atoms with Crippen molar-refractivity contribution >= 4 is 28.2 Å². The molecule has 3 aromatic rings. The van der Waals surface area contributed by atoms with Gasteiger partial charge < -0.3 is 14.7 Å². The molecule has 2 fully saturated rings. The molecule has 1 N–H and O–H groups in total. The van der Waals surface area contributed by atoms with Crippen molar-refractivity contribution < 1.29 is 19.4 Å². The first-order valence-corrected chi connectivity index (χ1v) is 12.0. The average Bonchev–Trinajstić information content (AvgIpc) is 3.45. The van der Waals surface area contributed by atoms with Gasteiger partial charge in [0, 0.05) is 11.6 Å². The van der Waals surface area contributed by atoms with E-state index in [2.05, 4.69) is 0 Å². The molecule has 1 amide bonds. The Hall–Kier alpha value is -3.60. The average molecular weight is 456 g/mol. The molecule has 0 radical (unpaired) electrons. The van der Waals surface area contributed by atoms with E-state index in [9.17, 15) is 14.7 Å². The number of carbonyl (C=O) groups excluding carboxylic acids is 2. The van der Waals surface area contributed by atoms with Crippen LogP contribution in [0.5, 0.6) is 5.75 Å². The molecule has 0 spiro atoms. The van der Waals surface area contributed by atoms with E-state index in [-0.39, 0.29) is 23.5 Å². The van der Waals surface area contributed by atoms with Crippen LogP contribution in [-0.4, -0.2) is 33.8 Å². The van der Waals surface area contributed by atoms with Crippen LogP contribution < -0.4 is 4.74 Å². The van der Waals surface area contributed by atoms with Crippen LogP contribution >= 0.6 is 0 Å². The van der Waals surface area contributed by atoms with Crippen molar-refractivity contribution in [3.05, 3.63) is 83.4 Å². The van der Waals surface area contributed by atoms with Crippen LogP contribution in [-0.2, 0) is 9.59 Å². The third-order valence-corrected chi connectivity index (χ3v) is 6.81. The molecule has 5 nitrogen and oxygen atoms in total. The summed E-state index contributed by atoms with van der Waals surface area (Å²) in [5, 5.41) is 13.3. The number of carbonyl (C=O) groups is 2. The number of ketones is 1. The Labute approximate surface area is 199 Å². The lowest BCUT2D eigenvalue weighted by molar-refractivity contribution is -0.141. The maximum absolute atomic E-state index is 13.4. The molecule has 1 saturated carbocycles. The van der Waals surface area contributed by atoms with Crippen LogP contribution in [0.2, 0.25) is 0 Å². The van der Waals surface area contributed by atoms with Gasteiger partial charge in [0.15, 0.2) is 0 Å². The van der Waals surface area contributed by atoms with Gasteiger partial charge in [0.1, 0.15) is 11.5 Å². The van der Waals surface area contributed by atoms with Crippen molar-refractivity contribution in [3.63, 3.8) is 0 Å². The monoisotopic (exact) mass is 455 g/mol. The summed E-state index contributed by atoms with van der Waals surface area (Å²) in [6, 6.07) is 20.2. The smallest absolute Gasteiger partial charge is 0.295 e. The minimum absolute atomic E-state index is 0.00846. The van der Waals surface area contributed by atoms with E-state index >= 15 is 0 Å². The molecule has 1 saturated heterocycles. The van der Waals surface area contributed by atoms with Gasteiger partial charge in [-0.3, -0.25) is 9.59 Å². The molecule has 1 unspecified atom stereocenters. The maximum atomic E-state index is 13.4. The first kappa shape index (κ1) is 22.2. The van der Waals surface area contributed by atoms with Crippen molar-refractivity contribution in [1.82, 2.24) is 4.90 Å². The number of ether oxygens (including phenoxy) is 1. The number of fused-ring (bicyclic) bond motifs is 1. The first-order valence-electron chi connectivity index (χ1n) is 12.0. The summed E-state index contributed by atoms with van der Waals surface area (Å²) < 4.78 is 5.78. The number of aliphatic hydroxyl groups is 1. The molecule has 174 valence electrons. The Balaban J connectivity index is 1.67. The van der Waals surface area contributed by atoms with Gasteiger partial charge in [0.25, 0.3) is 11.7 Å². The number of aliphatic hydroxyl groups excluding tert-OH is 1. The summed E-state index contributed by atoms with van der Waals surface area (Å²) in [5.74, 6) is -0.542. The van der Waals surface area contributed by atoms with Crippen LogP contribution in [0.1, 0.15) is 56.7 Å². The number of rotatable bonds is 5. The van der Waals surface area contributed by atoms with Crippen molar-refractivity contribution in [2.75, 3.05) is 0 Å². The predicted molar refractivity (Wildman–Crippen MR) is 133 cm³/mol. The summed E-state index contributed by atoms with van der Waals surface area (Å²) >= 11 is 0. The molecule has 0 aromatic heterocycles. The Bertz CT molecular complexity index is 1260. The van der Waals surface area contributed by atoms with Gasteiger partial charge in [-0.25, -0.2) is 0 Å². The lowest BCUT2D eigenvalue weighted by atomic mass is 9.93. The second kappa shape index (κ2) is 8.98. The van der Waals surface area contributed by atoms with E-state index in [0.29, 0.717) is 5.56 Å². The topological polar surface area (TPSA) is 66.8 Å². The number of Topliss-reactive ketones (excluding diaryl/α,β-unsaturated/α-hetero) is 1. The standard InChI is InChI=1S/C29H29NO4/c1-18(2)34-22-16-14-20(15-17-22)26-25(28(32)29(33)30(26)21-10-4-5-11-21)27(31)24-13-7-9-19-8-3-6-12-23(19)24/h3,6-9,12-18,21,26,31H,4-5,10-11H2,1-2H3/b27-25-. The van der Waals surface area contributed by atoms with Crippen molar-refractivity contribution in [2.45, 2.75) is 57.7 Å². The molecule has 0 bridgehead atoms. The van der Waals surface area contributed by atoms with E-state index in [0.717, 1.165) is 47.8 Å². The molecule has 3 aromatic carbocycles. The van der Waals surface area contributed by atoms with Gasteiger partial charge in [-0.1, -0.05) is 67.4 Å². The van der Waals surface area contributed by atoms with Crippen LogP contribution in [0.3, 0.4) is 0 Å². The normalized spacial score (nSPS) is 20.6. The molecule has 1 aliphatic carbocycles. The maximum Gasteiger partial charge on any atom is 0.295 e. The second-order valence-electron chi connectivity index (χ2n) is 9.41. The van der Waals surface area contributed by atoms with Crippen LogP contribution in [0.4, 0.5) is 0 Å². The summed E-state index contributed by atoms with van der Waals surface area (Å²) in [6.07, 6.45) is 3.84. The van der Waals surface area contributed by atoms with Gasteiger partial charge >= 0.3 is 0 Å². The zero-order valence-electron chi connectivity index (χ0n) is 19.5. The van der Waals surface area contributed by atoms with Gasteiger partial charge in [-0.15, -0.1) is 0 Å². The van der Waals surface area contributed by atoms with Crippen molar-refractivity contribution in [1.29, 1.82) is 0 Å². The molecule has 5 heteroatoms. The van der Waals surface area contributed by atoms with Gasteiger partial charge in [0.2, 0.25) is 0 Å². The van der Waals surface area contributed by atoms with E-state index in [1.807, 2.05) is 74.5 Å². The molecule has 5 rings (SSSR count). The van der Waals surface area contributed by atoms with Crippen molar-refractivity contribution in [2.24, 2.45) is 0 Å². The van der Waals surface area contributed by atoms with E-state index in [1.165, 1.54) is 0 Å². The Morgan fingerprint density at radius 3 is 2.32 bits per heavy atom. The van der Waals surface area contributed by atoms with Gasteiger partial charge in [0.05, 0.1) is 17.7 Å². The minimum atomic E-state index is -0.629. The Kier molecular flexibility index (Phi) is 5.86. The largest absolute Gasteiger partial charge is 0.507 e. The fourth-order valence-electron chi connectivity index (χ4n) is 5.31. The van der Waals surface area contributed by atoms with Crippen LogP contribution in [0.15, 0.2) is 72.3 Å². The quantitative estimate of drug-likeness (QED) is 0.291. The molecule has 2 aliphatic rings. The highest BCUT2D eigenvalue weighted by molar-refractivity contribution is 6.46. The fourth-order valence-corrected chi connectivity index (χ4v) is 5.31. The van der Waals surface area contributed by atoms with E-state index in [4.69, 9.17) is 4.74 Å². The number of hydrogen-bond donors (Lipinski definition) is 1. The van der Waals surface area contributed by atoms with Crippen molar-refractivity contribution in [3.8, 4) is 5.75 Å². The fraction of sp³-hybridized carbons (Fsp3) is 0.310. The van der Waals surface area contributed by atoms with E-state index < -0.39 is 17.7 Å². The number of nitrogens with zero attached hydrogens (tertiary/aromatic N) is 1. The molecular formula is C29H29NO4. The molecule has 1 atom stereocenters. The van der Waals surface area contributed by atoms with Gasteiger partial charge in [-0.05, 0) is 55.2 Å². The second-order valence-corrected chi connectivity index (χ2v) is 9.41. The summed E-state index contributed by atoms with van der Waals surface area (Å²) in [6.45, 7) is 3.93. The van der Waals surface area contributed by atoms with Crippen LogP contribution in [0, 0.1) is 0 Å². The zero-order chi connectivity index (χ0) is 23.8. The third-order valence-electron chi connectivity index (χ3n) is 6.81. The molecule has 1 heterocycles. The highest BCUT2D eigenvalue weighted by Gasteiger charge is 2.49. The molecule has 1 aliphatic heterocycles. The predicted octanol–water partition coefficient (Wildman–Crippen LogP) is 5.99. The number of likely N-dealkylation sites (tertiary alicyclic amines) is 1. The summed E-state index contributed by atoms with van der Waals surface area (Å²) in [7, 11) is 0. The third kappa shape index (κ3) is 3.85. The lowest BCUT2D eigenvalue weighted by Crippen LogP contribution is -2.37. The highest BCUT2D eigenvalue weighted by atomic mass is 16.5. The summed E-state index contributed by atoms with van der Waals surface area (Å²) in [5.41, 5.74) is 1.52. The number of benzene rings is 3. The van der Waals surface area contributed by atoms with Gasteiger partial charge in [-0.2, -0.15) is 0 Å². The Morgan fingerprint density at radius 1 is 0.941 bits per heavy atom. The Morgan fingerprint density at radius 2 is 1.62 bits per heavy atom. The highest BCUT2D eigenvalue weighted by Crippen LogP contribution is 2.44. The van der Waals surface area contributed by atoms with E-state index in [1.54, 1.807) is 11.0 Å². The number of hydrogen-bond acceptors (Lipinski definition) is 4. The van der Waals surface area contributed by atoms with Crippen LogP contribution in [0.25, 0.3) is 16.5 Å². The SMILES string of the molecule is CC(C)Oc1ccc(C2/C(=C(/O)c3cccc4ccccc34)C(=O)C(=O)N2C2CCCC2)cc1. The number of amides is 1. The summed E-state index contributed by atoms with van der Waals surface area (Å²) in [4.78, 5) is 28.4. The minimum Gasteiger partial charge on any atom is -0.507 e.